The van der Waals surface area contributed by atoms with Crippen molar-refractivity contribution < 1.29 is 9.53 Å². The highest BCUT2D eigenvalue weighted by Gasteiger charge is 2.52. The van der Waals surface area contributed by atoms with Gasteiger partial charge in [-0.15, -0.1) is 0 Å². The third-order valence-corrected chi connectivity index (χ3v) is 4.06. The van der Waals surface area contributed by atoms with E-state index in [4.69, 9.17) is 4.74 Å². The number of ether oxygens (including phenoxy) is 1. The second-order valence-corrected chi connectivity index (χ2v) is 5.02. The summed E-state index contributed by atoms with van der Waals surface area (Å²) in [6.07, 6.45) is 8.34. The van der Waals surface area contributed by atoms with E-state index in [1.807, 2.05) is 0 Å². The van der Waals surface area contributed by atoms with Crippen molar-refractivity contribution in [3.8, 4) is 0 Å². The zero-order chi connectivity index (χ0) is 10.9. The van der Waals surface area contributed by atoms with Crippen LogP contribution in [0.3, 0.4) is 0 Å². The van der Waals surface area contributed by atoms with Crippen LogP contribution < -0.4 is 0 Å². The number of esters is 1. The summed E-state index contributed by atoms with van der Waals surface area (Å²) in [6, 6.07) is 0. The summed E-state index contributed by atoms with van der Waals surface area (Å²) < 4.78 is 5.67. The van der Waals surface area contributed by atoms with E-state index in [9.17, 15) is 4.79 Å². The maximum atomic E-state index is 11.4. The van der Waals surface area contributed by atoms with Gasteiger partial charge >= 0.3 is 5.97 Å². The van der Waals surface area contributed by atoms with Crippen LogP contribution in [0.4, 0.5) is 0 Å². The maximum Gasteiger partial charge on any atom is 0.330 e. The van der Waals surface area contributed by atoms with E-state index in [1.165, 1.54) is 25.3 Å². The van der Waals surface area contributed by atoms with Crippen molar-refractivity contribution in [3.05, 3.63) is 12.7 Å². The van der Waals surface area contributed by atoms with Gasteiger partial charge in [0.25, 0.3) is 0 Å². The largest absolute Gasteiger partial charge is 0.456 e. The monoisotopic (exact) mass is 208 g/mol. The van der Waals surface area contributed by atoms with E-state index in [0.717, 1.165) is 25.2 Å². The Labute approximate surface area is 91.7 Å². The van der Waals surface area contributed by atoms with Gasteiger partial charge in [0.1, 0.15) is 5.60 Å². The lowest BCUT2D eigenvalue weighted by atomic mass is 9.81. The van der Waals surface area contributed by atoms with Crippen LogP contribution in [0, 0.1) is 11.8 Å². The van der Waals surface area contributed by atoms with Gasteiger partial charge in [0, 0.05) is 6.08 Å². The molecular weight excluding hydrogens is 188 g/mol. The minimum Gasteiger partial charge on any atom is -0.456 e. The van der Waals surface area contributed by atoms with Crippen LogP contribution in [0.2, 0.25) is 0 Å². The summed E-state index contributed by atoms with van der Waals surface area (Å²) >= 11 is 0. The molecule has 0 saturated heterocycles. The SMILES string of the molecule is C=CC(=O)OC1(CCC)CC2CCC1C2. The van der Waals surface area contributed by atoms with Crippen molar-refractivity contribution in [2.24, 2.45) is 11.8 Å². The van der Waals surface area contributed by atoms with E-state index in [-0.39, 0.29) is 11.6 Å². The minimum absolute atomic E-state index is 0.136. The highest BCUT2D eigenvalue weighted by atomic mass is 16.6. The van der Waals surface area contributed by atoms with E-state index >= 15 is 0 Å². The fourth-order valence-corrected chi connectivity index (χ4v) is 3.54. The third kappa shape index (κ3) is 1.82. The Balaban J connectivity index is 2.10. The van der Waals surface area contributed by atoms with Crippen LogP contribution in [0.1, 0.15) is 45.4 Å². The van der Waals surface area contributed by atoms with Gasteiger partial charge in [0.15, 0.2) is 0 Å². The first-order valence-corrected chi connectivity index (χ1v) is 6.05. The van der Waals surface area contributed by atoms with Crippen LogP contribution in [-0.4, -0.2) is 11.6 Å². The summed E-state index contributed by atoms with van der Waals surface area (Å²) in [6.45, 7) is 5.64. The Morgan fingerprint density at radius 3 is 2.87 bits per heavy atom. The van der Waals surface area contributed by atoms with Crippen molar-refractivity contribution in [2.75, 3.05) is 0 Å². The molecule has 15 heavy (non-hydrogen) atoms. The second-order valence-electron chi connectivity index (χ2n) is 5.02. The molecule has 0 aromatic carbocycles. The molecule has 0 heterocycles. The molecule has 2 nitrogen and oxygen atoms in total. The fourth-order valence-electron chi connectivity index (χ4n) is 3.54. The molecule has 2 saturated carbocycles. The number of carbonyl (C=O) groups excluding carboxylic acids is 1. The maximum absolute atomic E-state index is 11.4. The lowest BCUT2D eigenvalue weighted by molar-refractivity contribution is -0.160. The van der Waals surface area contributed by atoms with Crippen molar-refractivity contribution in [2.45, 2.75) is 51.0 Å². The summed E-state index contributed by atoms with van der Waals surface area (Å²) in [7, 11) is 0. The molecule has 0 aromatic heterocycles. The van der Waals surface area contributed by atoms with Gasteiger partial charge in [-0.2, -0.15) is 0 Å². The molecule has 2 heteroatoms. The van der Waals surface area contributed by atoms with Gasteiger partial charge in [-0.05, 0) is 43.9 Å². The second kappa shape index (κ2) is 3.99. The Hall–Kier alpha value is -0.790. The molecule has 0 aliphatic heterocycles. The lowest BCUT2D eigenvalue weighted by Gasteiger charge is -2.36. The molecule has 0 aromatic rings. The average molecular weight is 208 g/mol. The van der Waals surface area contributed by atoms with Crippen molar-refractivity contribution in [1.29, 1.82) is 0 Å². The molecule has 2 aliphatic carbocycles. The predicted octanol–water partition coefficient (Wildman–Crippen LogP) is 3.07. The molecule has 0 spiro atoms. The van der Waals surface area contributed by atoms with Gasteiger partial charge in [-0.3, -0.25) is 0 Å². The van der Waals surface area contributed by atoms with Crippen LogP contribution in [0.5, 0.6) is 0 Å². The van der Waals surface area contributed by atoms with Gasteiger partial charge in [-0.1, -0.05) is 19.9 Å². The van der Waals surface area contributed by atoms with Crippen molar-refractivity contribution >= 4 is 5.97 Å². The number of rotatable bonds is 4. The predicted molar refractivity (Wildman–Crippen MR) is 59.4 cm³/mol. The van der Waals surface area contributed by atoms with E-state index in [1.54, 1.807) is 0 Å². The normalized spacial score (nSPS) is 37.9. The first kappa shape index (κ1) is 10.7. The zero-order valence-corrected chi connectivity index (χ0v) is 9.50. The summed E-state index contributed by atoms with van der Waals surface area (Å²) in [4.78, 5) is 11.4. The van der Waals surface area contributed by atoms with E-state index in [2.05, 4.69) is 13.5 Å². The molecule has 2 aliphatic rings. The lowest BCUT2D eigenvalue weighted by Crippen LogP contribution is -2.40. The van der Waals surface area contributed by atoms with Crippen molar-refractivity contribution in [1.82, 2.24) is 0 Å². The Bertz CT molecular complexity index is 272. The summed E-state index contributed by atoms with van der Waals surface area (Å²) in [5, 5.41) is 0. The smallest absolute Gasteiger partial charge is 0.330 e. The fraction of sp³-hybridized carbons (Fsp3) is 0.769. The van der Waals surface area contributed by atoms with Gasteiger partial charge in [-0.25, -0.2) is 4.79 Å². The summed E-state index contributed by atoms with van der Waals surface area (Å²) in [5.41, 5.74) is -0.136. The molecule has 0 N–H and O–H groups in total. The highest BCUT2D eigenvalue weighted by Crippen LogP contribution is 2.54. The van der Waals surface area contributed by atoms with Crippen LogP contribution in [0.25, 0.3) is 0 Å². The van der Waals surface area contributed by atoms with Crippen LogP contribution in [-0.2, 0) is 9.53 Å². The van der Waals surface area contributed by atoms with Gasteiger partial charge in [0.05, 0.1) is 0 Å². The van der Waals surface area contributed by atoms with E-state index < -0.39 is 0 Å². The third-order valence-electron chi connectivity index (χ3n) is 4.06. The van der Waals surface area contributed by atoms with Gasteiger partial charge in [0.2, 0.25) is 0 Å². The molecule has 2 bridgehead atoms. The molecule has 3 atom stereocenters. The first-order chi connectivity index (χ1) is 7.20. The summed E-state index contributed by atoms with van der Waals surface area (Å²) in [5.74, 6) is 1.18. The number of carbonyl (C=O) groups is 1. The molecular formula is C13H20O2. The van der Waals surface area contributed by atoms with Crippen LogP contribution in [0.15, 0.2) is 12.7 Å². The minimum atomic E-state index is -0.240. The molecule has 2 fully saturated rings. The van der Waals surface area contributed by atoms with E-state index in [0.29, 0.717) is 5.92 Å². The molecule has 0 amide bonds. The zero-order valence-electron chi connectivity index (χ0n) is 9.50. The standard InChI is InChI=1S/C13H20O2/c1-3-7-13(15-12(14)4-2)9-10-5-6-11(13)8-10/h4,10-11H,2-3,5-9H2,1H3. The Morgan fingerprint density at radius 2 is 2.40 bits per heavy atom. The molecule has 3 unspecified atom stereocenters. The van der Waals surface area contributed by atoms with Gasteiger partial charge < -0.3 is 4.74 Å². The number of hydrogen-bond acceptors (Lipinski definition) is 2. The molecule has 0 radical (unpaired) electrons. The average Bonchev–Trinajstić information content (AvgIpc) is 2.78. The molecule has 84 valence electrons. The molecule has 2 rings (SSSR count). The number of fused-ring (bicyclic) bond motifs is 2. The highest BCUT2D eigenvalue weighted by molar-refractivity contribution is 5.81. The van der Waals surface area contributed by atoms with Crippen LogP contribution >= 0.6 is 0 Å². The topological polar surface area (TPSA) is 26.3 Å². The quantitative estimate of drug-likeness (QED) is 0.524. The van der Waals surface area contributed by atoms with Crippen molar-refractivity contribution in [3.63, 3.8) is 0 Å². The Kier molecular flexibility index (Phi) is 2.85. The first-order valence-electron chi connectivity index (χ1n) is 6.05. The number of hydrogen-bond donors (Lipinski definition) is 0. The Morgan fingerprint density at radius 1 is 1.60 bits per heavy atom.